The lowest BCUT2D eigenvalue weighted by Gasteiger charge is -2.32. The summed E-state index contributed by atoms with van der Waals surface area (Å²) in [5, 5.41) is 3.60. The fourth-order valence-electron chi connectivity index (χ4n) is 2.53. The Morgan fingerprint density at radius 1 is 1.37 bits per heavy atom. The molecule has 104 valence electrons. The molecule has 1 unspecified atom stereocenters. The Morgan fingerprint density at radius 3 is 2.84 bits per heavy atom. The Hall–Kier alpha value is -0.940. The molecule has 1 N–H and O–H groups in total. The van der Waals surface area contributed by atoms with Crippen LogP contribution in [0.2, 0.25) is 0 Å². The van der Waals surface area contributed by atoms with Gasteiger partial charge in [0.2, 0.25) is 5.78 Å². The summed E-state index contributed by atoms with van der Waals surface area (Å²) >= 11 is 3.41. The number of halogens is 1. The SMILES string of the molecule is COC1(CCCCCBr)C=CC2=C(C1)C(=O)C(=O)N2. The minimum absolute atomic E-state index is 0.416. The van der Waals surface area contributed by atoms with Gasteiger partial charge in [0.1, 0.15) is 0 Å². The highest BCUT2D eigenvalue weighted by molar-refractivity contribution is 9.09. The Balaban J connectivity index is 2.03. The monoisotopic (exact) mass is 327 g/mol. The number of alkyl halides is 1. The maximum atomic E-state index is 11.8. The second kappa shape index (κ2) is 6.01. The topological polar surface area (TPSA) is 55.4 Å². The molecule has 0 radical (unpaired) electrons. The molecule has 19 heavy (non-hydrogen) atoms. The molecule has 0 saturated carbocycles. The molecule has 0 fully saturated rings. The van der Waals surface area contributed by atoms with Crippen LogP contribution in [-0.4, -0.2) is 29.7 Å². The largest absolute Gasteiger partial charge is 0.374 e. The molecule has 1 aliphatic heterocycles. The van der Waals surface area contributed by atoms with Crippen molar-refractivity contribution < 1.29 is 14.3 Å². The molecule has 5 heteroatoms. The Labute approximate surface area is 121 Å². The predicted octanol–water partition coefficient (Wildman–Crippen LogP) is 2.24. The fourth-order valence-corrected chi connectivity index (χ4v) is 2.93. The molecule has 0 spiro atoms. The minimum atomic E-state index is -0.527. The van der Waals surface area contributed by atoms with Crippen LogP contribution >= 0.6 is 15.9 Å². The van der Waals surface area contributed by atoms with Crippen molar-refractivity contribution in [2.75, 3.05) is 12.4 Å². The van der Waals surface area contributed by atoms with Crippen LogP contribution in [0.5, 0.6) is 0 Å². The van der Waals surface area contributed by atoms with Crippen molar-refractivity contribution in [3.63, 3.8) is 0 Å². The zero-order valence-corrected chi connectivity index (χ0v) is 12.6. The second-order valence-electron chi connectivity index (χ2n) is 4.95. The van der Waals surface area contributed by atoms with E-state index in [1.54, 1.807) is 13.2 Å². The number of rotatable bonds is 6. The third-order valence-electron chi connectivity index (χ3n) is 3.72. The first-order chi connectivity index (χ1) is 9.12. The van der Waals surface area contributed by atoms with Crippen LogP contribution in [0, 0.1) is 0 Å². The molecule has 1 amide bonds. The van der Waals surface area contributed by atoms with Crippen molar-refractivity contribution in [2.45, 2.75) is 37.7 Å². The summed E-state index contributed by atoms with van der Waals surface area (Å²) < 4.78 is 5.63. The van der Waals surface area contributed by atoms with Gasteiger partial charge < -0.3 is 10.1 Å². The van der Waals surface area contributed by atoms with Crippen LogP contribution in [0.3, 0.4) is 0 Å². The smallest absolute Gasteiger partial charge is 0.296 e. The normalized spacial score (nSPS) is 25.8. The third-order valence-corrected chi connectivity index (χ3v) is 4.28. The summed E-state index contributed by atoms with van der Waals surface area (Å²) in [6.07, 6.45) is 8.43. The lowest BCUT2D eigenvalue weighted by Crippen LogP contribution is -2.32. The van der Waals surface area contributed by atoms with Crippen LogP contribution in [0.15, 0.2) is 23.4 Å². The molecule has 1 heterocycles. The molecule has 0 aromatic heterocycles. The van der Waals surface area contributed by atoms with Crippen molar-refractivity contribution in [1.82, 2.24) is 5.32 Å². The number of unbranched alkanes of at least 4 members (excludes halogenated alkanes) is 2. The molecular formula is C14H18BrNO3. The van der Waals surface area contributed by atoms with Gasteiger partial charge in [0.15, 0.2) is 0 Å². The summed E-state index contributed by atoms with van der Waals surface area (Å²) in [6, 6.07) is 0. The Bertz CT molecular complexity index is 456. The molecule has 2 rings (SSSR count). The average Bonchev–Trinajstić information content (AvgIpc) is 2.70. The number of hydrogen-bond donors (Lipinski definition) is 1. The standard InChI is InChI=1S/C14H18BrNO3/c1-19-14(6-3-2-4-8-15)7-5-11-10(9-14)12(17)13(18)16-11/h5,7H,2-4,6,8-9H2,1H3,(H,16,17,18). The van der Waals surface area contributed by atoms with Gasteiger partial charge in [0.05, 0.1) is 5.60 Å². The van der Waals surface area contributed by atoms with Gasteiger partial charge in [0, 0.05) is 30.1 Å². The summed E-state index contributed by atoms with van der Waals surface area (Å²) in [5.74, 6) is -0.943. The summed E-state index contributed by atoms with van der Waals surface area (Å²) in [7, 11) is 1.66. The maximum Gasteiger partial charge on any atom is 0.296 e. The molecule has 0 aromatic rings. The Morgan fingerprint density at radius 2 is 2.16 bits per heavy atom. The Kier molecular flexibility index (Phi) is 4.58. The van der Waals surface area contributed by atoms with E-state index in [1.807, 2.05) is 6.08 Å². The number of methoxy groups -OCH3 is 1. The quantitative estimate of drug-likeness (QED) is 0.462. The highest BCUT2D eigenvalue weighted by atomic mass is 79.9. The van der Waals surface area contributed by atoms with Crippen LogP contribution in [0.25, 0.3) is 0 Å². The highest BCUT2D eigenvalue weighted by Gasteiger charge is 2.39. The molecule has 0 saturated heterocycles. The van der Waals surface area contributed by atoms with Crippen molar-refractivity contribution in [1.29, 1.82) is 0 Å². The molecule has 1 atom stereocenters. The van der Waals surface area contributed by atoms with Crippen molar-refractivity contribution in [3.8, 4) is 0 Å². The number of carbonyl (C=O) groups excluding carboxylic acids is 2. The van der Waals surface area contributed by atoms with Gasteiger partial charge in [-0.3, -0.25) is 9.59 Å². The second-order valence-corrected chi connectivity index (χ2v) is 5.75. The summed E-state index contributed by atoms with van der Waals surface area (Å²) in [5.41, 5.74) is 0.769. The number of hydrogen-bond acceptors (Lipinski definition) is 3. The highest BCUT2D eigenvalue weighted by Crippen LogP contribution is 2.35. The van der Waals surface area contributed by atoms with Gasteiger partial charge in [0.25, 0.3) is 5.91 Å². The van der Waals surface area contributed by atoms with Crippen LogP contribution in [0.4, 0.5) is 0 Å². The number of ether oxygens (including phenoxy) is 1. The number of amides is 1. The lowest BCUT2D eigenvalue weighted by atomic mass is 9.83. The molecule has 0 bridgehead atoms. The summed E-state index contributed by atoms with van der Waals surface area (Å²) in [4.78, 5) is 23.1. The molecule has 4 nitrogen and oxygen atoms in total. The third kappa shape index (κ3) is 2.98. The van der Waals surface area contributed by atoms with E-state index in [4.69, 9.17) is 4.74 Å². The van der Waals surface area contributed by atoms with E-state index in [0.29, 0.717) is 17.7 Å². The van der Waals surface area contributed by atoms with Gasteiger partial charge in [-0.1, -0.05) is 34.8 Å². The number of nitrogens with one attached hydrogen (secondary N) is 1. The zero-order chi connectivity index (χ0) is 13.9. The number of Topliss-reactive ketones (excluding diaryl/α,β-unsaturated/α-hetero) is 1. The van der Waals surface area contributed by atoms with Gasteiger partial charge in [-0.05, 0) is 18.9 Å². The molecule has 1 aliphatic carbocycles. The minimum Gasteiger partial charge on any atom is -0.374 e. The fraction of sp³-hybridized carbons (Fsp3) is 0.571. The van der Waals surface area contributed by atoms with Crippen molar-refractivity contribution >= 4 is 27.6 Å². The van der Waals surface area contributed by atoms with Crippen LogP contribution in [0.1, 0.15) is 32.1 Å². The van der Waals surface area contributed by atoms with Gasteiger partial charge in [-0.15, -0.1) is 0 Å². The maximum absolute atomic E-state index is 11.8. The first kappa shape index (κ1) is 14.5. The van der Waals surface area contributed by atoms with E-state index >= 15 is 0 Å². The zero-order valence-electron chi connectivity index (χ0n) is 11.0. The van der Waals surface area contributed by atoms with E-state index < -0.39 is 17.3 Å². The van der Waals surface area contributed by atoms with E-state index in [1.165, 1.54) is 0 Å². The average molecular weight is 328 g/mol. The van der Waals surface area contributed by atoms with Gasteiger partial charge in [-0.2, -0.15) is 0 Å². The summed E-state index contributed by atoms with van der Waals surface area (Å²) in [6.45, 7) is 0. The van der Waals surface area contributed by atoms with E-state index in [0.717, 1.165) is 31.0 Å². The van der Waals surface area contributed by atoms with E-state index in [-0.39, 0.29) is 0 Å². The van der Waals surface area contributed by atoms with E-state index in [9.17, 15) is 9.59 Å². The lowest BCUT2D eigenvalue weighted by molar-refractivity contribution is -0.134. The molecule has 0 aromatic carbocycles. The first-order valence-corrected chi connectivity index (χ1v) is 7.63. The van der Waals surface area contributed by atoms with Crippen molar-refractivity contribution in [2.24, 2.45) is 0 Å². The van der Waals surface area contributed by atoms with Crippen LogP contribution in [-0.2, 0) is 14.3 Å². The van der Waals surface area contributed by atoms with Gasteiger partial charge in [-0.25, -0.2) is 0 Å². The number of allylic oxidation sites excluding steroid dienone is 1. The van der Waals surface area contributed by atoms with Crippen LogP contribution < -0.4 is 5.32 Å². The van der Waals surface area contributed by atoms with E-state index in [2.05, 4.69) is 21.2 Å². The molecular weight excluding hydrogens is 310 g/mol. The molecule has 2 aliphatic rings. The number of carbonyl (C=O) groups is 2. The van der Waals surface area contributed by atoms with Crippen molar-refractivity contribution in [3.05, 3.63) is 23.4 Å². The number of ketones is 1. The first-order valence-electron chi connectivity index (χ1n) is 6.51. The van der Waals surface area contributed by atoms with Gasteiger partial charge >= 0.3 is 0 Å². The predicted molar refractivity (Wildman–Crippen MR) is 75.9 cm³/mol.